The van der Waals surface area contributed by atoms with Crippen LogP contribution in [0.25, 0.3) is 11.1 Å². The van der Waals surface area contributed by atoms with Crippen LogP contribution in [0.4, 0.5) is 5.69 Å². The van der Waals surface area contributed by atoms with Crippen molar-refractivity contribution >= 4 is 5.69 Å². The maximum atomic E-state index is 4.58. The molecule has 0 aliphatic heterocycles. The van der Waals surface area contributed by atoms with Gasteiger partial charge in [0.05, 0.1) is 11.7 Å². The van der Waals surface area contributed by atoms with Crippen LogP contribution in [0.2, 0.25) is 0 Å². The van der Waals surface area contributed by atoms with E-state index in [1.54, 1.807) is 0 Å². The first-order valence-corrected chi connectivity index (χ1v) is 12.8. The average Bonchev–Trinajstić information content (AvgIpc) is 3.37. The zero-order chi connectivity index (χ0) is 26.3. The number of hydrogen-bond acceptors (Lipinski definition) is 2. The van der Waals surface area contributed by atoms with E-state index in [1.165, 1.54) is 33.5 Å². The maximum absolute atomic E-state index is 4.58. The summed E-state index contributed by atoms with van der Waals surface area (Å²) in [6.45, 7) is 20.1. The van der Waals surface area contributed by atoms with E-state index in [0.717, 1.165) is 24.2 Å². The van der Waals surface area contributed by atoms with E-state index in [1.807, 2.05) is 16.9 Å². The van der Waals surface area contributed by atoms with Gasteiger partial charge in [-0.15, -0.1) is 0 Å². The van der Waals surface area contributed by atoms with E-state index >= 15 is 0 Å². The van der Waals surface area contributed by atoms with Gasteiger partial charge in [0.2, 0.25) is 0 Å². The zero-order valence-electron chi connectivity index (χ0n) is 23.0. The maximum Gasteiger partial charge on any atom is 0.0568 e. The van der Waals surface area contributed by atoms with Crippen molar-refractivity contribution in [1.29, 1.82) is 0 Å². The largest absolute Gasteiger partial charge is 0.341 e. The molecule has 3 aromatic carbocycles. The van der Waals surface area contributed by atoms with E-state index in [9.17, 15) is 0 Å². The lowest BCUT2D eigenvalue weighted by Gasteiger charge is -2.28. The summed E-state index contributed by atoms with van der Waals surface area (Å²) in [6.07, 6.45) is 5.23. The second-order valence-corrected chi connectivity index (χ2v) is 10.4. The first kappa shape index (κ1) is 27.0. The summed E-state index contributed by atoms with van der Waals surface area (Å²) in [6, 6.07) is 25.5. The van der Waals surface area contributed by atoms with Crippen LogP contribution in [0.5, 0.6) is 0 Å². The topological polar surface area (TPSA) is 21.1 Å². The van der Waals surface area contributed by atoms with Crippen molar-refractivity contribution in [3.63, 3.8) is 0 Å². The number of anilines is 1. The van der Waals surface area contributed by atoms with E-state index in [-0.39, 0.29) is 5.54 Å². The molecule has 0 saturated heterocycles. The summed E-state index contributed by atoms with van der Waals surface area (Å²) in [5, 5.41) is 4.58. The van der Waals surface area contributed by atoms with Gasteiger partial charge < -0.3 is 4.90 Å². The van der Waals surface area contributed by atoms with E-state index < -0.39 is 0 Å². The van der Waals surface area contributed by atoms with Gasteiger partial charge in [0.25, 0.3) is 0 Å². The Morgan fingerprint density at radius 3 is 1.94 bits per heavy atom. The summed E-state index contributed by atoms with van der Waals surface area (Å²) >= 11 is 0. The molecule has 0 unspecified atom stereocenters. The van der Waals surface area contributed by atoms with Gasteiger partial charge in [0.15, 0.2) is 0 Å². The third-order valence-corrected chi connectivity index (χ3v) is 6.43. The predicted molar refractivity (Wildman–Crippen MR) is 155 cm³/mol. The number of hydrogen-bond donors (Lipinski definition) is 0. The van der Waals surface area contributed by atoms with Gasteiger partial charge >= 0.3 is 0 Å². The third kappa shape index (κ3) is 6.97. The molecule has 0 N–H and O–H groups in total. The Hall–Kier alpha value is -3.59. The monoisotopic (exact) mass is 479 g/mol. The molecule has 1 aromatic heterocycles. The van der Waals surface area contributed by atoms with Crippen molar-refractivity contribution < 1.29 is 0 Å². The molecule has 4 rings (SSSR count). The first-order chi connectivity index (χ1) is 17.1. The minimum absolute atomic E-state index is 0.0299. The molecule has 0 bridgehead atoms. The molecule has 3 nitrogen and oxygen atoms in total. The fourth-order valence-electron chi connectivity index (χ4n) is 4.03. The quantitative estimate of drug-likeness (QED) is 0.276. The van der Waals surface area contributed by atoms with Crippen LogP contribution in [0.1, 0.15) is 56.9 Å². The molecule has 0 spiro atoms. The van der Waals surface area contributed by atoms with Crippen molar-refractivity contribution in [1.82, 2.24) is 9.78 Å². The standard InChI is InChI=1S/C25H31N3.C8H10/c1-18(2)27(16-21-11-9-8-10-12-21)24-14-22(13-19(3)20(24)4)23-15-26-28(17-23)25(5,6)7;1-2-8-6-4-3-5-7-8/h8-15,17H,1,16H2,2-7H3;3-7H,2H2,1H3. The lowest BCUT2D eigenvalue weighted by atomic mass is 9.99. The van der Waals surface area contributed by atoms with Crippen LogP contribution in [0.15, 0.2) is 97.5 Å². The SMILES string of the molecule is C=C(C)N(Cc1ccccc1)c1cc(-c2cnn(C(C)(C)C)c2)cc(C)c1C.CCc1ccccc1. The van der Waals surface area contributed by atoms with Gasteiger partial charge in [0, 0.05) is 29.7 Å². The Kier molecular flexibility index (Phi) is 8.93. The Bertz CT molecular complexity index is 1260. The molecule has 36 heavy (non-hydrogen) atoms. The molecule has 4 aromatic rings. The number of aryl methyl sites for hydroxylation is 2. The van der Waals surface area contributed by atoms with Crippen LogP contribution >= 0.6 is 0 Å². The second-order valence-electron chi connectivity index (χ2n) is 10.4. The number of allylic oxidation sites excluding steroid dienone is 1. The van der Waals surface area contributed by atoms with Gasteiger partial charge in [-0.2, -0.15) is 5.10 Å². The third-order valence-electron chi connectivity index (χ3n) is 6.43. The van der Waals surface area contributed by atoms with Crippen LogP contribution in [-0.2, 0) is 18.5 Å². The molecule has 3 heteroatoms. The van der Waals surface area contributed by atoms with Gasteiger partial charge in [-0.25, -0.2) is 0 Å². The number of benzene rings is 3. The highest BCUT2D eigenvalue weighted by atomic mass is 15.3. The average molecular weight is 480 g/mol. The highest BCUT2D eigenvalue weighted by molar-refractivity contribution is 5.72. The van der Waals surface area contributed by atoms with Crippen LogP contribution in [-0.4, -0.2) is 9.78 Å². The van der Waals surface area contributed by atoms with Gasteiger partial charge in [-0.05, 0) is 81.8 Å². The summed E-state index contributed by atoms with van der Waals surface area (Å²) in [5.41, 5.74) is 9.78. The molecule has 0 aliphatic rings. The van der Waals surface area contributed by atoms with Crippen molar-refractivity contribution in [2.24, 2.45) is 0 Å². The van der Waals surface area contributed by atoms with Gasteiger partial charge in [-0.3, -0.25) is 4.68 Å². The highest BCUT2D eigenvalue weighted by Crippen LogP contribution is 2.33. The predicted octanol–water partition coefficient (Wildman–Crippen LogP) is 8.71. The smallest absolute Gasteiger partial charge is 0.0568 e. The Morgan fingerprint density at radius 2 is 1.47 bits per heavy atom. The van der Waals surface area contributed by atoms with Crippen LogP contribution < -0.4 is 4.90 Å². The Morgan fingerprint density at radius 1 is 0.889 bits per heavy atom. The highest BCUT2D eigenvalue weighted by Gasteiger charge is 2.17. The molecule has 0 atom stereocenters. The number of nitrogens with zero attached hydrogens (tertiary/aromatic N) is 3. The van der Waals surface area contributed by atoms with Gasteiger partial charge in [-0.1, -0.05) is 80.2 Å². The molecule has 0 amide bonds. The zero-order valence-corrected chi connectivity index (χ0v) is 23.0. The minimum atomic E-state index is -0.0299. The van der Waals surface area contributed by atoms with E-state index in [0.29, 0.717) is 0 Å². The van der Waals surface area contributed by atoms with Crippen molar-refractivity contribution in [2.45, 2.75) is 67.0 Å². The van der Waals surface area contributed by atoms with Crippen LogP contribution in [0, 0.1) is 13.8 Å². The normalized spacial score (nSPS) is 11.0. The molecule has 0 radical (unpaired) electrons. The van der Waals surface area contributed by atoms with Crippen molar-refractivity contribution in [3.8, 4) is 11.1 Å². The van der Waals surface area contributed by atoms with Crippen LogP contribution in [0.3, 0.4) is 0 Å². The Balaban J connectivity index is 0.000000383. The molecular weight excluding hydrogens is 438 g/mol. The molecule has 188 valence electrons. The molecule has 1 heterocycles. The van der Waals surface area contributed by atoms with E-state index in [4.69, 9.17) is 0 Å². The molecule has 0 saturated carbocycles. The van der Waals surface area contributed by atoms with E-state index in [2.05, 4.69) is 138 Å². The van der Waals surface area contributed by atoms with Gasteiger partial charge in [0.1, 0.15) is 0 Å². The molecule has 0 fully saturated rings. The lowest BCUT2D eigenvalue weighted by Crippen LogP contribution is -2.22. The number of rotatable bonds is 6. The summed E-state index contributed by atoms with van der Waals surface area (Å²) < 4.78 is 2.03. The second kappa shape index (κ2) is 11.9. The lowest BCUT2D eigenvalue weighted by molar-refractivity contribution is 0.355. The van der Waals surface area contributed by atoms with Crippen molar-refractivity contribution in [3.05, 3.63) is 120 Å². The fourth-order valence-corrected chi connectivity index (χ4v) is 4.03. The Labute approximate surface area is 218 Å². The molecule has 0 aliphatic carbocycles. The first-order valence-electron chi connectivity index (χ1n) is 12.8. The summed E-state index contributed by atoms with van der Waals surface area (Å²) in [5.74, 6) is 0. The fraction of sp³-hybridized carbons (Fsp3) is 0.303. The molecular formula is C33H41N3. The minimum Gasteiger partial charge on any atom is -0.341 e. The van der Waals surface area contributed by atoms with Crippen molar-refractivity contribution in [2.75, 3.05) is 4.90 Å². The summed E-state index contributed by atoms with van der Waals surface area (Å²) in [7, 11) is 0. The number of aromatic nitrogens is 2. The summed E-state index contributed by atoms with van der Waals surface area (Å²) in [4.78, 5) is 2.30.